The van der Waals surface area contributed by atoms with E-state index in [1.807, 2.05) is 18.7 Å². The minimum Gasteiger partial charge on any atom is -0.369 e. The molecule has 0 spiro atoms. The van der Waals surface area contributed by atoms with E-state index in [2.05, 4.69) is 44.8 Å². The topological polar surface area (TPSA) is 47.0 Å². The van der Waals surface area contributed by atoms with E-state index in [4.69, 9.17) is 4.74 Å². The zero-order chi connectivity index (χ0) is 12.3. The molecular weight excluding hydrogens is 349 g/mol. The zero-order valence-electron chi connectivity index (χ0n) is 9.99. The summed E-state index contributed by atoms with van der Waals surface area (Å²) in [4.78, 5) is 9.12. The Labute approximate surface area is 119 Å². The summed E-state index contributed by atoms with van der Waals surface area (Å²) in [5.41, 5.74) is 1.02. The molecule has 1 unspecified atom stereocenters. The van der Waals surface area contributed by atoms with Crippen molar-refractivity contribution < 1.29 is 4.74 Å². The molecule has 17 heavy (non-hydrogen) atoms. The molecule has 1 atom stereocenters. The third-order valence-electron chi connectivity index (χ3n) is 2.48. The van der Waals surface area contributed by atoms with E-state index in [-0.39, 0.29) is 6.10 Å². The second-order valence-corrected chi connectivity index (χ2v) is 6.02. The minimum absolute atomic E-state index is 0.0434. The molecule has 1 aliphatic rings. The highest BCUT2D eigenvalue weighted by Gasteiger charge is 2.21. The van der Waals surface area contributed by atoms with Crippen LogP contribution in [0.2, 0.25) is 0 Å². The van der Waals surface area contributed by atoms with Crippen molar-refractivity contribution in [3.63, 3.8) is 0 Å². The van der Waals surface area contributed by atoms with Gasteiger partial charge in [0.25, 0.3) is 0 Å². The molecule has 6 heteroatoms. The SMILES string of the molecule is CCNc1nc(C2CSCCO2)nc(C)c1I. The van der Waals surface area contributed by atoms with Crippen molar-refractivity contribution in [2.24, 2.45) is 0 Å². The van der Waals surface area contributed by atoms with Crippen LogP contribution in [0.25, 0.3) is 0 Å². The molecule has 1 aliphatic heterocycles. The molecule has 4 nitrogen and oxygen atoms in total. The first-order valence-electron chi connectivity index (χ1n) is 5.69. The average Bonchev–Trinajstić information content (AvgIpc) is 2.36. The standard InChI is InChI=1S/C11H16IN3OS/c1-3-13-11-9(12)7(2)14-10(15-11)8-6-17-5-4-16-8/h8H,3-6H2,1-2H3,(H,13,14,15). The second kappa shape index (κ2) is 6.19. The van der Waals surface area contributed by atoms with Gasteiger partial charge in [0.15, 0.2) is 5.82 Å². The summed E-state index contributed by atoms with van der Waals surface area (Å²) in [5, 5.41) is 3.28. The van der Waals surface area contributed by atoms with Gasteiger partial charge in [0.05, 0.1) is 15.9 Å². The van der Waals surface area contributed by atoms with Crippen molar-refractivity contribution in [2.45, 2.75) is 20.0 Å². The lowest BCUT2D eigenvalue weighted by atomic mass is 10.3. The lowest BCUT2D eigenvalue weighted by Crippen LogP contribution is -2.19. The molecule has 0 aliphatic carbocycles. The van der Waals surface area contributed by atoms with Crippen LogP contribution in [0.1, 0.15) is 24.5 Å². The molecule has 0 bridgehead atoms. The van der Waals surface area contributed by atoms with Crippen molar-refractivity contribution in [1.29, 1.82) is 0 Å². The Bertz CT molecular complexity index is 397. The fourth-order valence-electron chi connectivity index (χ4n) is 1.65. The maximum Gasteiger partial charge on any atom is 0.160 e. The van der Waals surface area contributed by atoms with Crippen LogP contribution in [-0.2, 0) is 4.74 Å². The van der Waals surface area contributed by atoms with E-state index in [1.165, 1.54) is 0 Å². The third-order valence-corrected chi connectivity index (χ3v) is 4.77. The highest BCUT2D eigenvalue weighted by Crippen LogP contribution is 2.27. The number of nitrogens with zero attached hydrogens (tertiary/aromatic N) is 2. The van der Waals surface area contributed by atoms with Crippen LogP contribution in [0.5, 0.6) is 0 Å². The molecule has 0 radical (unpaired) electrons. The third kappa shape index (κ3) is 3.23. The Hall–Kier alpha value is -0.0800. The number of halogens is 1. The molecule has 0 saturated carbocycles. The van der Waals surface area contributed by atoms with Gasteiger partial charge in [-0.2, -0.15) is 11.8 Å². The quantitative estimate of drug-likeness (QED) is 0.835. The van der Waals surface area contributed by atoms with Gasteiger partial charge in [0.1, 0.15) is 11.9 Å². The van der Waals surface area contributed by atoms with Crippen LogP contribution in [0.15, 0.2) is 0 Å². The lowest BCUT2D eigenvalue weighted by molar-refractivity contribution is 0.0694. The van der Waals surface area contributed by atoms with Crippen molar-refractivity contribution in [2.75, 3.05) is 30.0 Å². The Kier molecular flexibility index (Phi) is 4.87. The lowest BCUT2D eigenvalue weighted by Gasteiger charge is -2.22. The molecule has 0 aromatic carbocycles. The van der Waals surface area contributed by atoms with E-state index in [1.54, 1.807) is 0 Å². The molecular formula is C11H16IN3OS. The molecule has 94 valence electrons. The molecule has 2 rings (SSSR count). The molecule has 1 saturated heterocycles. The van der Waals surface area contributed by atoms with Crippen molar-refractivity contribution in [3.8, 4) is 0 Å². The maximum atomic E-state index is 5.72. The number of aryl methyl sites for hydroxylation is 1. The summed E-state index contributed by atoms with van der Waals surface area (Å²) < 4.78 is 6.81. The highest BCUT2D eigenvalue weighted by atomic mass is 127. The smallest absolute Gasteiger partial charge is 0.160 e. The van der Waals surface area contributed by atoms with Gasteiger partial charge in [-0.25, -0.2) is 9.97 Å². The summed E-state index contributed by atoms with van der Waals surface area (Å²) in [6, 6.07) is 0. The summed E-state index contributed by atoms with van der Waals surface area (Å²) in [6.45, 7) is 5.75. The van der Waals surface area contributed by atoms with Crippen LogP contribution in [0.3, 0.4) is 0 Å². The molecule has 1 N–H and O–H groups in total. The van der Waals surface area contributed by atoms with E-state index >= 15 is 0 Å². The number of anilines is 1. The highest BCUT2D eigenvalue weighted by molar-refractivity contribution is 14.1. The van der Waals surface area contributed by atoms with Gasteiger partial charge in [-0.1, -0.05) is 0 Å². The van der Waals surface area contributed by atoms with Crippen LogP contribution in [0, 0.1) is 10.5 Å². The monoisotopic (exact) mass is 365 g/mol. The van der Waals surface area contributed by atoms with Gasteiger partial charge in [-0.3, -0.25) is 0 Å². The fraction of sp³-hybridized carbons (Fsp3) is 0.636. The van der Waals surface area contributed by atoms with E-state index in [0.717, 1.165) is 45.6 Å². The molecule has 2 heterocycles. The minimum atomic E-state index is 0.0434. The van der Waals surface area contributed by atoms with Gasteiger partial charge in [-0.05, 0) is 36.4 Å². The average molecular weight is 365 g/mol. The first-order valence-corrected chi connectivity index (χ1v) is 7.93. The van der Waals surface area contributed by atoms with Crippen LogP contribution >= 0.6 is 34.4 Å². The first-order chi connectivity index (χ1) is 8.22. The Morgan fingerprint density at radius 1 is 1.53 bits per heavy atom. The fourth-order valence-corrected chi connectivity index (χ4v) is 2.92. The molecule has 1 aromatic heterocycles. The summed E-state index contributed by atoms with van der Waals surface area (Å²) in [7, 11) is 0. The number of thioether (sulfide) groups is 1. The van der Waals surface area contributed by atoms with Crippen LogP contribution in [0.4, 0.5) is 5.82 Å². The summed E-state index contributed by atoms with van der Waals surface area (Å²) in [5.74, 6) is 3.76. The first kappa shape index (κ1) is 13.4. The Morgan fingerprint density at radius 3 is 3.00 bits per heavy atom. The predicted molar refractivity (Wildman–Crippen MR) is 79.7 cm³/mol. The van der Waals surface area contributed by atoms with Gasteiger partial charge >= 0.3 is 0 Å². The largest absolute Gasteiger partial charge is 0.369 e. The maximum absolute atomic E-state index is 5.72. The number of aromatic nitrogens is 2. The second-order valence-electron chi connectivity index (χ2n) is 3.79. The summed E-state index contributed by atoms with van der Waals surface area (Å²) >= 11 is 4.18. The van der Waals surface area contributed by atoms with Crippen LogP contribution in [-0.4, -0.2) is 34.6 Å². The number of ether oxygens (including phenoxy) is 1. The van der Waals surface area contributed by atoms with Gasteiger partial charge in [-0.15, -0.1) is 0 Å². The number of hydrogen-bond donors (Lipinski definition) is 1. The number of nitrogens with one attached hydrogen (secondary N) is 1. The van der Waals surface area contributed by atoms with E-state index in [0.29, 0.717) is 0 Å². The Balaban J connectivity index is 2.27. The van der Waals surface area contributed by atoms with Gasteiger partial charge in [0, 0.05) is 18.1 Å². The Morgan fingerprint density at radius 2 is 2.35 bits per heavy atom. The number of hydrogen-bond acceptors (Lipinski definition) is 5. The molecule has 1 fully saturated rings. The van der Waals surface area contributed by atoms with Gasteiger partial charge in [0.2, 0.25) is 0 Å². The van der Waals surface area contributed by atoms with Crippen molar-refractivity contribution in [3.05, 3.63) is 15.1 Å². The van der Waals surface area contributed by atoms with Crippen molar-refractivity contribution >= 4 is 40.2 Å². The van der Waals surface area contributed by atoms with Crippen molar-refractivity contribution in [1.82, 2.24) is 9.97 Å². The van der Waals surface area contributed by atoms with E-state index in [9.17, 15) is 0 Å². The van der Waals surface area contributed by atoms with Crippen LogP contribution < -0.4 is 5.32 Å². The van der Waals surface area contributed by atoms with Gasteiger partial charge < -0.3 is 10.1 Å². The predicted octanol–water partition coefficient (Wildman–Crippen LogP) is 2.63. The molecule has 0 amide bonds. The summed E-state index contributed by atoms with van der Waals surface area (Å²) in [6.07, 6.45) is 0.0434. The van der Waals surface area contributed by atoms with E-state index < -0.39 is 0 Å². The normalized spacial score (nSPS) is 20.3. The molecule has 1 aromatic rings. The zero-order valence-corrected chi connectivity index (χ0v) is 13.0. The number of rotatable bonds is 3.